The third kappa shape index (κ3) is 7.58. The second-order valence-electron chi connectivity index (χ2n) is 5.54. The van der Waals surface area contributed by atoms with Crippen LogP contribution in [0.1, 0.15) is 12.0 Å². The highest BCUT2D eigenvalue weighted by molar-refractivity contribution is 5.49. The Bertz CT molecular complexity index is 817. The maximum absolute atomic E-state index is 13.9. The van der Waals surface area contributed by atoms with Crippen molar-refractivity contribution in [2.45, 2.75) is 12.8 Å². The van der Waals surface area contributed by atoms with E-state index in [4.69, 9.17) is 5.11 Å². The number of phenols is 1. The van der Waals surface area contributed by atoms with Crippen LogP contribution in [0, 0.1) is 5.82 Å². The Morgan fingerprint density at radius 2 is 1.68 bits per heavy atom. The van der Waals surface area contributed by atoms with Gasteiger partial charge in [0.2, 0.25) is 5.83 Å². The first-order chi connectivity index (χ1) is 13.2. The quantitative estimate of drug-likeness (QED) is 0.285. The highest BCUT2D eigenvalue weighted by Gasteiger charge is 2.14. The number of allylic oxidation sites excluding steroid dienone is 7. The van der Waals surface area contributed by atoms with E-state index >= 15 is 0 Å². The van der Waals surface area contributed by atoms with Gasteiger partial charge in [-0.2, -0.15) is 4.39 Å². The average molecular weight is 390 g/mol. The standard InChI is InChI=1S/C21H21F3O2.C2H4/c1-13(7-9-17-10-11-19(25)18(22)12-17)6-8-14(2)15(3)20(23)21(24)16(4)26-5;1-2/h6,8,10-12,25H,1-4,7,9H2,5H3;1-2H2/b8-6-,21-20-;. The Hall–Kier alpha value is -3.21. The number of benzene rings is 1. The van der Waals surface area contributed by atoms with Gasteiger partial charge in [-0.1, -0.05) is 50.1 Å². The largest absolute Gasteiger partial charge is 0.505 e. The van der Waals surface area contributed by atoms with Crippen LogP contribution in [0.15, 0.2) is 104 Å². The molecule has 0 spiro atoms. The Morgan fingerprint density at radius 1 is 1.07 bits per heavy atom. The molecule has 1 rings (SSSR count). The third-order valence-corrected chi connectivity index (χ3v) is 3.60. The highest BCUT2D eigenvalue weighted by atomic mass is 19.2. The Kier molecular flexibility index (Phi) is 10.8. The molecule has 0 aliphatic rings. The van der Waals surface area contributed by atoms with Gasteiger partial charge in [-0.3, -0.25) is 0 Å². The first kappa shape index (κ1) is 24.8. The molecule has 0 amide bonds. The molecule has 1 aromatic carbocycles. The smallest absolute Gasteiger partial charge is 0.200 e. The van der Waals surface area contributed by atoms with Gasteiger partial charge in [0.15, 0.2) is 17.4 Å². The lowest BCUT2D eigenvalue weighted by Crippen LogP contribution is -1.93. The summed E-state index contributed by atoms with van der Waals surface area (Å²) in [4.78, 5) is 0. The molecule has 1 aromatic rings. The molecule has 0 aliphatic carbocycles. The van der Waals surface area contributed by atoms with Gasteiger partial charge < -0.3 is 9.84 Å². The molecule has 0 saturated heterocycles. The maximum Gasteiger partial charge on any atom is 0.200 e. The molecule has 0 aliphatic heterocycles. The van der Waals surface area contributed by atoms with E-state index in [1.165, 1.54) is 25.3 Å². The number of halogens is 3. The zero-order chi connectivity index (χ0) is 21.9. The molecule has 0 heterocycles. The van der Waals surface area contributed by atoms with Crippen LogP contribution in [0.2, 0.25) is 0 Å². The van der Waals surface area contributed by atoms with Crippen LogP contribution in [0.4, 0.5) is 13.2 Å². The molecular formula is C23H25F3O2. The summed E-state index contributed by atoms with van der Waals surface area (Å²) in [5, 5.41) is 9.16. The van der Waals surface area contributed by atoms with Crippen molar-refractivity contribution in [1.82, 2.24) is 0 Å². The van der Waals surface area contributed by atoms with E-state index in [9.17, 15) is 13.2 Å². The summed E-state index contributed by atoms with van der Waals surface area (Å²) in [7, 11) is 1.18. The second kappa shape index (κ2) is 12.2. The summed E-state index contributed by atoms with van der Waals surface area (Å²) in [5.74, 6) is -3.96. The highest BCUT2D eigenvalue weighted by Crippen LogP contribution is 2.27. The van der Waals surface area contributed by atoms with Crippen LogP contribution < -0.4 is 0 Å². The Balaban J connectivity index is 0.00000352. The lowest BCUT2D eigenvalue weighted by Gasteiger charge is -2.07. The first-order valence-corrected chi connectivity index (χ1v) is 8.17. The molecule has 0 unspecified atom stereocenters. The van der Waals surface area contributed by atoms with Crippen LogP contribution in [-0.4, -0.2) is 12.2 Å². The van der Waals surface area contributed by atoms with Gasteiger partial charge >= 0.3 is 0 Å². The van der Waals surface area contributed by atoms with Gasteiger partial charge in [-0.15, -0.1) is 13.2 Å². The van der Waals surface area contributed by atoms with Crippen LogP contribution in [0.5, 0.6) is 5.75 Å². The minimum Gasteiger partial charge on any atom is -0.505 e. The van der Waals surface area contributed by atoms with E-state index in [0.29, 0.717) is 24.0 Å². The van der Waals surface area contributed by atoms with Crippen LogP contribution in [0.25, 0.3) is 0 Å². The summed E-state index contributed by atoms with van der Waals surface area (Å²) in [5.41, 5.74) is 1.31. The number of hydrogen-bond acceptors (Lipinski definition) is 2. The van der Waals surface area contributed by atoms with E-state index < -0.39 is 29.0 Å². The number of phenolic OH excluding ortho intramolecular Hbond substituents is 1. The SMILES string of the molecule is C=C.C=C(/C=C\C(=C)C(=C)/C(F)=C(/F)C(=C)OC)CCc1ccc(O)c(F)c1. The summed E-state index contributed by atoms with van der Waals surface area (Å²) >= 11 is 0. The predicted octanol–water partition coefficient (Wildman–Crippen LogP) is 6.80. The van der Waals surface area contributed by atoms with Crippen LogP contribution in [-0.2, 0) is 11.2 Å². The number of hydrogen-bond donors (Lipinski definition) is 1. The van der Waals surface area contributed by atoms with E-state index in [1.807, 2.05) is 0 Å². The maximum atomic E-state index is 13.9. The van der Waals surface area contributed by atoms with Crippen LogP contribution in [0.3, 0.4) is 0 Å². The zero-order valence-corrected chi connectivity index (χ0v) is 16.0. The van der Waals surface area contributed by atoms with Crippen molar-refractivity contribution in [2.75, 3.05) is 7.11 Å². The molecular weight excluding hydrogens is 365 g/mol. The van der Waals surface area contributed by atoms with Gasteiger partial charge in [-0.25, -0.2) is 8.78 Å². The zero-order valence-electron chi connectivity index (χ0n) is 16.0. The van der Waals surface area contributed by atoms with Crippen molar-refractivity contribution >= 4 is 0 Å². The number of rotatable bonds is 9. The van der Waals surface area contributed by atoms with Crippen molar-refractivity contribution in [1.29, 1.82) is 0 Å². The van der Waals surface area contributed by atoms with Crippen molar-refractivity contribution in [3.8, 4) is 5.75 Å². The van der Waals surface area contributed by atoms with Gasteiger partial charge in [0.05, 0.1) is 7.11 Å². The summed E-state index contributed by atoms with van der Waals surface area (Å²) in [6.07, 6.45) is 4.07. The molecule has 2 nitrogen and oxygen atoms in total. The molecule has 0 radical (unpaired) electrons. The molecule has 0 fully saturated rings. The minimum atomic E-state index is -1.24. The first-order valence-electron chi connectivity index (χ1n) is 8.17. The van der Waals surface area contributed by atoms with Gasteiger partial charge in [-0.05, 0) is 36.1 Å². The fourth-order valence-electron chi connectivity index (χ4n) is 1.90. The summed E-state index contributed by atoms with van der Waals surface area (Å²) < 4.78 is 45.4. The van der Waals surface area contributed by atoms with Crippen molar-refractivity contribution < 1.29 is 23.0 Å². The van der Waals surface area contributed by atoms with Crippen LogP contribution >= 0.6 is 0 Å². The number of aromatic hydroxyl groups is 1. The predicted molar refractivity (Wildman–Crippen MR) is 110 cm³/mol. The van der Waals surface area contributed by atoms with E-state index in [0.717, 1.165) is 0 Å². The second-order valence-corrected chi connectivity index (χ2v) is 5.54. The summed E-state index contributed by atoms with van der Waals surface area (Å²) in [6.45, 7) is 20.2. The molecule has 150 valence electrons. The monoisotopic (exact) mass is 390 g/mol. The number of methoxy groups -OCH3 is 1. The average Bonchev–Trinajstić information content (AvgIpc) is 2.71. The number of aryl methyl sites for hydroxylation is 1. The molecule has 0 bridgehead atoms. The molecule has 28 heavy (non-hydrogen) atoms. The fourth-order valence-corrected chi connectivity index (χ4v) is 1.90. The number of ether oxygens (including phenoxy) is 1. The lowest BCUT2D eigenvalue weighted by atomic mass is 10.0. The van der Waals surface area contributed by atoms with Crippen molar-refractivity contribution in [3.05, 3.63) is 115 Å². The Morgan fingerprint density at radius 3 is 2.21 bits per heavy atom. The van der Waals surface area contributed by atoms with E-state index in [1.54, 1.807) is 12.1 Å². The van der Waals surface area contributed by atoms with Crippen molar-refractivity contribution in [2.24, 2.45) is 0 Å². The van der Waals surface area contributed by atoms with Gasteiger partial charge in [0.1, 0.15) is 5.76 Å². The topological polar surface area (TPSA) is 29.5 Å². The fraction of sp³-hybridized carbons (Fsp3) is 0.130. The van der Waals surface area contributed by atoms with E-state index in [-0.39, 0.29) is 11.1 Å². The molecule has 1 N–H and O–H groups in total. The molecule has 0 atom stereocenters. The molecule has 0 saturated carbocycles. The lowest BCUT2D eigenvalue weighted by molar-refractivity contribution is 0.281. The third-order valence-electron chi connectivity index (χ3n) is 3.60. The molecule has 0 aromatic heterocycles. The van der Waals surface area contributed by atoms with Gasteiger partial charge in [0, 0.05) is 5.57 Å². The van der Waals surface area contributed by atoms with Gasteiger partial charge in [0.25, 0.3) is 0 Å². The van der Waals surface area contributed by atoms with Crippen molar-refractivity contribution in [3.63, 3.8) is 0 Å². The van der Waals surface area contributed by atoms with E-state index in [2.05, 4.69) is 44.2 Å². The summed E-state index contributed by atoms with van der Waals surface area (Å²) in [6, 6.07) is 4.15. The molecule has 5 heteroatoms. The Labute approximate surface area is 164 Å². The normalized spacial score (nSPS) is 11.1. The minimum absolute atomic E-state index is 0.165.